The first-order valence-electron chi connectivity index (χ1n) is 5.38. The molecule has 0 atom stereocenters. The van der Waals surface area contributed by atoms with Gasteiger partial charge in [0.15, 0.2) is 0 Å². The lowest BCUT2D eigenvalue weighted by molar-refractivity contribution is 0.121. The number of amides is 1. The molecule has 0 aliphatic rings. The van der Waals surface area contributed by atoms with Crippen LogP contribution in [0.1, 0.15) is 20.8 Å². The Morgan fingerprint density at radius 2 is 2.16 bits per heavy atom. The summed E-state index contributed by atoms with van der Waals surface area (Å²) in [6.07, 6.45) is -1.53. The van der Waals surface area contributed by atoms with E-state index in [1.54, 1.807) is 25.5 Å². The summed E-state index contributed by atoms with van der Waals surface area (Å²) in [5.74, 6) is -0.187. The Kier molecular flexibility index (Phi) is 4.92. The number of rotatable bonds is 6. The quantitative estimate of drug-likeness (QED) is 0.671. The minimum atomic E-state index is -4.14. The Morgan fingerprint density at radius 3 is 2.74 bits per heavy atom. The summed E-state index contributed by atoms with van der Waals surface area (Å²) in [6.45, 7) is 5.24. The molecule has 0 saturated heterocycles. The maximum absolute atomic E-state index is 11.5. The van der Waals surface area contributed by atoms with Crippen LogP contribution < -0.4 is 14.2 Å². The first kappa shape index (κ1) is 15.0. The number of hydrogen-bond acceptors (Lipinski definition) is 7. The summed E-state index contributed by atoms with van der Waals surface area (Å²) >= 11 is 0. The van der Waals surface area contributed by atoms with Crippen molar-refractivity contribution in [3.05, 3.63) is 0 Å². The van der Waals surface area contributed by atoms with Gasteiger partial charge in [-0.15, -0.1) is 5.10 Å². The van der Waals surface area contributed by atoms with Crippen molar-refractivity contribution in [2.45, 2.75) is 26.9 Å². The number of H-pyrrole nitrogens is 1. The van der Waals surface area contributed by atoms with Crippen LogP contribution in [0.25, 0.3) is 0 Å². The maximum Gasteiger partial charge on any atom is 0.422 e. The van der Waals surface area contributed by atoms with E-state index in [0.29, 0.717) is 6.61 Å². The molecule has 0 unspecified atom stereocenters. The van der Waals surface area contributed by atoms with Crippen LogP contribution in [0.5, 0.6) is 6.01 Å². The Hall–Kier alpha value is -2.04. The molecule has 19 heavy (non-hydrogen) atoms. The van der Waals surface area contributed by atoms with Crippen LogP contribution in [0.2, 0.25) is 0 Å². The highest BCUT2D eigenvalue weighted by Gasteiger charge is 2.18. The summed E-state index contributed by atoms with van der Waals surface area (Å²) in [5.41, 5.74) is 0. The van der Waals surface area contributed by atoms with E-state index in [2.05, 4.69) is 19.9 Å². The lowest BCUT2D eigenvalue weighted by Gasteiger charge is -2.09. The van der Waals surface area contributed by atoms with Gasteiger partial charge in [0, 0.05) is 0 Å². The molecule has 0 aliphatic carbocycles. The molecule has 1 heterocycles. The van der Waals surface area contributed by atoms with E-state index in [0.717, 1.165) is 0 Å². The first-order valence-corrected chi connectivity index (χ1v) is 6.87. The van der Waals surface area contributed by atoms with E-state index in [-0.39, 0.29) is 12.0 Å². The van der Waals surface area contributed by atoms with Crippen molar-refractivity contribution in [1.82, 2.24) is 19.9 Å². The van der Waals surface area contributed by atoms with E-state index < -0.39 is 22.4 Å². The lowest BCUT2D eigenvalue weighted by atomic mass is 10.5. The standard InChI is InChI=1S/C8H15N5O5S/c1-4-17-7-9-6(10-11-7)12-19(15,16)13-8(14)18-5(2)3/h5H,4H2,1-3H3,(H,13,14)(H2,9,10,11,12). The molecule has 1 aromatic rings. The third kappa shape index (κ3) is 5.42. The van der Waals surface area contributed by atoms with Gasteiger partial charge in [-0.2, -0.15) is 13.4 Å². The maximum atomic E-state index is 11.5. The Morgan fingerprint density at radius 1 is 1.47 bits per heavy atom. The van der Waals surface area contributed by atoms with Crippen molar-refractivity contribution in [2.24, 2.45) is 0 Å². The van der Waals surface area contributed by atoms with Crippen molar-refractivity contribution in [3.8, 4) is 6.01 Å². The second-order valence-corrected chi connectivity index (χ2v) is 4.98. The number of hydrogen-bond donors (Lipinski definition) is 3. The zero-order valence-electron chi connectivity index (χ0n) is 10.6. The predicted octanol–water partition coefficient (Wildman–Crippen LogP) is -0.00530. The molecule has 11 heteroatoms. The van der Waals surface area contributed by atoms with Crippen LogP contribution in [-0.4, -0.2) is 42.4 Å². The molecule has 1 aromatic heterocycles. The molecule has 10 nitrogen and oxygen atoms in total. The highest BCUT2D eigenvalue weighted by molar-refractivity contribution is 7.91. The molecule has 0 radical (unpaired) electrons. The van der Waals surface area contributed by atoms with Gasteiger partial charge in [-0.1, -0.05) is 0 Å². The monoisotopic (exact) mass is 293 g/mol. The average molecular weight is 293 g/mol. The topological polar surface area (TPSA) is 135 Å². The van der Waals surface area contributed by atoms with Gasteiger partial charge in [0.25, 0.3) is 0 Å². The fourth-order valence-corrected chi connectivity index (χ4v) is 1.65. The predicted molar refractivity (Wildman–Crippen MR) is 64.8 cm³/mol. The van der Waals surface area contributed by atoms with Crippen LogP contribution in [0.15, 0.2) is 0 Å². The number of aromatic nitrogens is 3. The molecular formula is C8H15N5O5S. The fourth-order valence-electron chi connectivity index (χ4n) is 0.986. The first-order chi connectivity index (χ1) is 8.82. The Labute approximate surface area is 110 Å². The third-order valence-electron chi connectivity index (χ3n) is 1.53. The molecular weight excluding hydrogens is 278 g/mol. The minimum absolute atomic E-state index is 0.00930. The molecule has 3 N–H and O–H groups in total. The zero-order valence-corrected chi connectivity index (χ0v) is 11.4. The fraction of sp³-hybridized carbons (Fsp3) is 0.625. The molecule has 0 aliphatic heterocycles. The number of carbonyl (C=O) groups is 1. The van der Waals surface area contributed by atoms with E-state index in [1.807, 2.05) is 4.72 Å². The largest absolute Gasteiger partial charge is 0.463 e. The van der Waals surface area contributed by atoms with Gasteiger partial charge in [0.05, 0.1) is 12.7 Å². The minimum Gasteiger partial charge on any atom is -0.463 e. The van der Waals surface area contributed by atoms with Gasteiger partial charge in [-0.3, -0.25) is 0 Å². The average Bonchev–Trinajstić information content (AvgIpc) is 2.62. The summed E-state index contributed by atoms with van der Waals surface area (Å²) in [4.78, 5) is 14.8. The highest BCUT2D eigenvalue weighted by atomic mass is 32.2. The van der Waals surface area contributed by atoms with Gasteiger partial charge in [-0.05, 0) is 20.8 Å². The Bertz CT molecular complexity index is 525. The lowest BCUT2D eigenvalue weighted by Crippen LogP contribution is -2.37. The van der Waals surface area contributed by atoms with E-state index in [1.165, 1.54) is 0 Å². The second kappa shape index (κ2) is 6.22. The van der Waals surface area contributed by atoms with E-state index in [4.69, 9.17) is 4.74 Å². The highest BCUT2D eigenvalue weighted by Crippen LogP contribution is 2.06. The van der Waals surface area contributed by atoms with E-state index >= 15 is 0 Å². The normalized spacial score (nSPS) is 11.2. The molecule has 0 fully saturated rings. The smallest absolute Gasteiger partial charge is 0.422 e. The second-order valence-electron chi connectivity index (χ2n) is 3.56. The third-order valence-corrected chi connectivity index (χ3v) is 2.43. The molecule has 0 aromatic carbocycles. The molecule has 1 amide bonds. The molecule has 0 saturated carbocycles. The van der Waals surface area contributed by atoms with Crippen LogP contribution >= 0.6 is 0 Å². The summed E-state index contributed by atoms with van der Waals surface area (Å²) < 4.78 is 36.2. The summed E-state index contributed by atoms with van der Waals surface area (Å²) in [5, 5.41) is 5.88. The summed E-state index contributed by atoms with van der Waals surface area (Å²) in [6, 6.07) is -0.00930. The number of aromatic amines is 1. The van der Waals surface area contributed by atoms with Gasteiger partial charge in [0.2, 0.25) is 5.95 Å². The van der Waals surface area contributed by atoms with Gasteiger partial charge < -0.3 is 9.47 Å². The molecule has 0 bridgehead atoms. The molecule has 108 valence electrons. The van der Waals surface area contributed by atoms with Crippen molar-refractivity contribution < 1.29 is 22.7 Å². The SMILES string of the molecule is CCOc1n[nH]c(NS(=O)(=O)NC(=O)OC(C)C)n1. The van der Waals surface area contributed by atoms with Crippen LogP contribution in [-0.2, 0) is 14.9 Å². The van der Waals surface area contributed by atoms with Crippen molar-refractivity contribution in [2.75, 3.05) is 11.3 Å². The van der Waals surface area contributed by atoms with Crippen LogP contribution in [0.3, 0.4) is 0 Å². The molecule has 0 spiro atoms. The van der Waals surface area contributed by atoms with Crippen LogP contribution in [0.4, 0.5) is 10.7 Å². The molecule has 1 rings (SSSR count). The van der Waals surface area contributed by atoms with Crippen molar-refractivity contribution in [1.29, 1.82) is 0 Å². The zero-order chi connectivity index (χ0) is 14.5. The number of anilines is 1. The van der Waals surface area contributed by atoms with Crippen LogP contribution in [0, 0.1) is 0 Å². The number of carbonyl (C=O) groups excluding carboxylic acids is 1. The number of ether oxygens (including phenoxy) is 2. The van der Waals surface area contributed by atoms with Gasteiger partial charge >= 0.3 is 22.3 Å². The number of nitrogens with zero attached hydrogens (tertiary/aromatic N) is 2. The summed E-state index contributed by atoms with van der Waals surface area (Å²) in [7, 11) is -4.14. The van der Waals surface area contributed by atoms with Crippen molar-refractivity contribution in [3.63, 3.8) is 0 Å². The van der Waals surface area contributed by atoms with E-state index in [9.17, 15) is 13.2 Å². The number of nitrogens with one attached hydrogen (secondary N) is 3. The Balaban J connectivity index is 2.60. The van der Waals surface area contributed by atoms with Gasteiger partial charge in [-0.25, -0.2) is 19.3 Å². The van der Waals surface area contributed by atoms with Gasteiger partial charge in [0.1, 0.15) is 0 Å². The van der Waals surface area contributed by atoms with Crippen molar-refractivity contribution >= 4 is 22.3 Å².